The summed E-state index contributed by atoms with van der Waals surface area (Å²) in [5.74, 6) is 0. The van der Waals surface area contributed by atoms with Crippen LogP contribution in [0.5, 0.6) is 0 Å². The lowest BCUT2D eigenvalue weighted by molar-refractivity contribution is 0.462. The summed E-state index contributed by atoms with van der Waals surface area (Å²) in [6, 6.07) is 8.67. The van der Waals surface area contributed by atoms with Gasteiger partial charge in [-0.2, -0.15) is 0 Å². The number of halogens is 2. The van der Waals surface area contributed by atoms with Crippen LogP contribution in [0.15, 0.2) is 35.2 Å². The number of rotatable bonds is 1. The van der Waals surface area contributed by atoms with Crippen molar-refractivity contribution in [2.75, 3.05) is 0 Å². The molecule has 0 unspecified atom stereocenters. The quantitative estimate of drug-likeness (QED) is 0.487. The first-order valence-corrected chi connectivity index (χ1v) is 7.80. The standard InChI is InChI=1S/C10H6I2O3S/c11-7-2-3-8-6(5-7)1-4-9(10(8)12)16(13,14)15/h1-5H,(H,13,14,15)/p-1. The van der Waals surface area contributed by atoms with Crippen molar-refractivity contribution in [2.24, 2.45) is 0 Å². The molecule has 0 heterocycles. The van der Waals surface area contributed by atoms with Crippen LogP contribution in [0.25, 0.3) is 10.8 Å². The van der Waals surface area contributed by atoms with Crippen LogP contribution in [0.1, 0.15) is 0 Å². The summed E-state index contributed by atoms with van der Waals surface area (Å²) in [5, 5.41) is 1.72. The van der Waals surface area contributed by atoms with Crippen LogP contribution >= 0.6 is 45.2 Å². The molecule has 0 amide bonds. The lowest BCUT2D eigenvalue weighted by Crippen LogP contribution is -2.01. The van der Waals surface area contributed by atoms with Gasteiger partial charge in [-0.05, 0) is 74.2 Å². The molecule has 2 aromatic rings. The third kappa shape index (κ3) is 2.34. The highest BCUT2D eigenvalue weighted by Crippen LogP contribution is 2.28. The molecule has 0 saturated carbocycles. The summed E-state index contributed by atoms with van der Waals surface area (Å²) in [6.45, 7) is 0. The zero-order valence-corrected chi connectivity index (χ0v) is 12.9. The lowest BCUT2D eigenvalue weighted by Gasteiger charge is -2.11. The molecule has 0 N–H and O–H groups in total. The number of fused-ring (bicyclic) bond motifs is 1. The van der Waals surface area contributed by atoms with Crippen molar-refractivity contribution < 1.29 is 13.0 Å². The minimum absolute atomic E-state index is 0.151. The molecule has 0 atom stereocenters. The van der Waals surface area contributed by atoms with E-state index < -0.39 is 10.1 Å². The van der Waals surface area contributed by atoms with Gasteiger partial charge >= 0.3 is 0 Å². The highest BCUT2D eigenvalue weighted by Gasteiger charge is 2.10. The Labute approximate surface area is 120 Å². The van der Waals surface area contributed by atoms with Crippen LogP contribution in [0, 0.1) is 7.14 Å². The lowest BCUT2D eigenvalue weighted by atomic mass is 10.1. The zero-order chi connectivity index (χ0) is 11.9. The first kappa shape index (κ1) is 12.5. The first-order valence-electron chi connectivity index (χ1n) is 4.23. The fourth-order valence-corrected chi connectivity index (χ4v) is 4.00. The molecule has 0 saturated heterocycles. The predicted octanol–water partition coefficient (Wildman–Crippen LogP) is 2.95. The Bertz CT molecular complexity index is 665. The van der Waals surface area contributed by atoms with E-state index in [4.69, 9.17) is 0 Å². The van der Waals surface area contributed by atoms with Gasteiger partial charge < -0.3 is 4.55 Å². The van der Waals surface area contributed by atoms with Gasteiger partial charge in [0.1, 0.15) is 10.1 Å². The maximum atomic E-state index is 11.0. The Hall–Kier alpha value is 0.0700. The van der Waals surface area contributed by atoms with Crippen molar-refractivity contribution in [3.05, 3.63) is 37.5 Å². The smallest absolute Gasteiger partial charge is 0.125 e. The summed E-state index contributed by atoms with van der Waals surface area (Å²) in [7, 11) is -4.39. The molecule has 0 aromatic heterocycles. The van der Waals surface area contributed by atoms with Crippen LogP contribution in [0.4, 0.5) is 0 Å². The average Bonchev–Trinajstić information content (AvgIpc) is 2.15. The highest BCUT2D eigenvalue weighted by molar-refractivity contribution is 14.1. The molecule has 6 heteroatoms. The van der Waals surface area contributed by atoms with Crippen molar-refractivity contribution in [1.29, 1.82) is 0 Å². The minimum atomic E-state index is -4.39. The second-order valence-corrected chi connectivity index (χ2v) is 6.87. The molecule has 0 radical (unpaired) electrons. The summed E-state index contributed by atoms with van der Waals surface area (Å²) < 4.78 is 34.6. The van der Waals surface area contributed by atoms with Crippen molar-refractivity contribution in [3.63, 3.8) is 0 Å². The van der Waals surface area contributed by atoms with Gasteiger partial charge in [-0.1, -0.05) is 12.1 Å². The molecule has 0 aliphatic heterocycles. The fraction of sp³-hybridized carbons (Fsp3) is 0. The number of hydrogen-bond acceptors (Lipinski definition) is 3. The van der Waals surface area contributed by atoms with Gasteiger partial charge in [-0.15, -0.1) is 0 Å². The zero-order valence-electron chi connectivity index (χ0n) is 7.78. The third-order valence-corrected chi connectivity index (χ3v) is 5.23. The van der Waals surface area contributed by atoms with E-state index in [0.29, 0.717) is 3.57 Å². The van der Waals surface area contributed by atoms with E-state index in [1.807, 2.05) is 40.8 Å². The summed E-state index contributed by atoms with van der Waals surface area (Å²) in [5.41, 5.74) is 0. The van der Waals surface area contributed by atoms with Gasteiger partial charge in [0.15, 0.2) is 0 Å². The Morgan fingerprint density at radius 1 is 1.06 bits per heavy atom. The van der Waals surface area contributed by atoms with Crippen LogP contribution < -0.4 is 0 Å². The molecule has 0 aliphatic rings. The Morgan fingerprint density at radius 3 is 2.38 bits per heavy atom. The molecular formula is C10H5I2O3S-. The van der Waals surface area contributed by atoms with Crippen molar-refractivity contribution in [3.8, 4) is 0 Å². The Kier molecular flexibility index (Phi) is 3.44. The van der Waals surface area contributed by atoms with E-state index >= 15 is 0 Å². The molecule has 0 aliphatic carbocycles. The van der Waals surface area contributed by atoms with Gasteiger partial charge in [0.2, 0.25) is 0 Å². The predicted molar refractivity (Wildman–Crippen MR) is 77.3 cm³/mol. The summed E-state index contributed by atoms with van der Waals surface area (Å²) in [6.07, 6.45) is 0. The van der Waals surface area contributed by atoms with Gasteiger partial charge in [-0.3, -0.25) is 0 Å². The molecule has 3 nitrogen and oxygen atoms in total. The number of hydrogen-bond donors (Lipinski definition) is 0. The SMILES string of the molecule is O=S(=O)([O-])c1ccc2cc(I)ccc2c1I. The van der Waals surface area contributed by atoms with E-state index in [1.165, 1.54) is 6.07 Å². The molecule has 16 heavy (non-hydrogen) atoms. The van der Waals surface area contributed by atoms with Gasteiger partial charge in [0.25, 0.3) is 0 Å². The van der Waals surface area contributed by atoms with Crippen LogP contribution in [0.3, 0.4) is 0 Å². The van der Waals surface area contributed by atoms with Crippen LogP contribution in [-0.4, -0.2) is 13.0 Å². The maximum Gasteiger partial charge on any atom is 0.125 e. The van der Waals surface area contributed by atoms with E-state index in [-0.39, 0.29) is 4.90 Å². The fourth-order valence-electron chi connectivity index (χ4n) is 1.44. The maximum absolute atomic E-state index is 11.0. The van der Waals surface area contributed by atoms with Crippen LogP contribution in [0.2, 0.25) is 0 Å². The largest absolute Gasteiger partial charge is 0.744 e. The molecule has 84 valence electrons. The van der Waals surface area contributed by atoms with E-state index in [0.717, 1.165) is 14.3 Å². The topological polar surface area (TPSA) is 57.2 Å². The van der Waals surface area contributed by atoms with Crippen molar-refractivity contribution in [2.45, 2.75) is 4.90 Å². The molecule has 0 spiro atoms. The normalized spacial score (nSPS) is 11.9. The molecule has 0 bridgehead atoms. The van der Waals surface area contributed by atoms with E-state index in [1.54, 1.807) is 6.07 Å². The van der Waals surface area contributed by atoms with E-state index in [2.05, 4.69) is 22.6 Å². The average molecular weight is 459 g/mol. The minimum Gasteiger partial charge on any atom is -0.744 e. The highest BCUT2D eigenvalue weighted by atomic mass is 127. The van der Waals surface area contributed by atoms with E-state index in [9.17, 15) is 13.0 Å². The van der Waals surface area contributed by atoms with Crippen molar-refractivity contribution in [1.82, 2.24) is 0 Å². The Balaban J connectivity index is 2.86. The van der Waals surface area contributed by atoms with Gasteiger partial charge in [0.05, 0.1) is 4.90 Å². The third-order valence-electron chi connectivity index (χ3n) is 2.15. The van der Waals surface area contributed by atoms with Gasteiger partial charge in [-0.25, -0.2) is 8.42 Å². The molecular weight excluding hydrogens is 454 g/mol. The summed E-state index contributed by atoms with van der Waals surface area (Å²) >= 11 is 4.08. The molecule has 2 aromatic carbocycles. The number of benzene rings is 2. The van der Waals surface area contributed by atoms with Crippen LogP contribution in [-0.2, 0) is 10.1 Å². The second-order valence-electron chi connectivity index (χ2n) is 3.20. The summed E-state index contributed by atoms with van der Waals surface area (Å²) in [4.78, 5) is -0.151. The molecule has 0 fully saturated rings. The first-order chi connectivity index (χ1) is 7.39. The molecule has 2 rings (SSSR count). The second kappa shape index (κ2) is 4.39. The Morgan fingerprint density at radius 2 is 1.75 bits per heavy atom. The monoisotopic (exact) mass is 459 g/mol. The van der Waals surface area contributed by atoms with Gasteiger partial charge in [0, 0.05) is 7.14 Å². The van der Waals surface area contributed by atoms with Crippen molar-refractivity contribution >= 4 is 66.1 Å².